The van der Waals surface area contributed by atoms with Gasteiger partial charge in [-0.05, 0) is 31.4 Å². The zero-order valence-corrected chi connectivity index (χ0v) is 12.6. The Morgan fingerprint density at radius 2 is 1.85 bits per heavy atom. The quantitative estimate of drug-likeness (QED) is 0.784. The van der Waals surface area contributed by atoms with Gasteiger partial charge in [-0.25, -0.2) is 0 Å². The zero-order chi connectivity index (χ0) is 15.1. The molecule has 0 fully saturated rings. The van der Waals surface area contributed by atoms with Crippen LogP contribution in [0.1, 0.15) is 44.2 Å². The van der Waals surface area contributed by atoms with Gasteiger partial charge in [-0.3, -0.25) is 9.59 Å². The van der Waals surface area contributed by atoms with Gasteiger partial charge in [0.1, 0.15) is 0 Å². The molecular weight excluding hydrogens is 278 g/mol. The second kappa shape index (κ2) is 7.90. The minimum Gasteiger partial charge on any atom is -0.481 e. The first-order valence-electron chi connectivity index (χ1n) is 6.65. The van der Waals surface area contributed by atoms with Gasteiger partial charge in [-0.15, -0.1) is 0 Å². The molecule has 1 unspecified atom stereocenters. The lowest BCUT2D eigenvalue weighted by molar-refractivity contribution is -0.137. The molecule has 0 aliphatic heterocycles. The highest BCUT2D eigenvalue weighted by atomic mass is 35.5. The number of hydrogen-bond donors (Lipinski definition) is 1. The average molecular weight is 298 g/mol. The van der Waals surface area contributed by atoms with Crippen molar-refractivity contribution in [2.75, 3.05) is 7.05 Å². The van der Waals surface area contributed by atoms with Crippen LogP contribution in [-0.2, 0) is 9.59 Å². The van der Waals surface area contributed by atoms with Gasteiger partial charge in [0.2, 0.25) is 5.91 Å². The van der Waals surface area contributed by atoms with Crippen LogP contribution < -0.4 is 0 Å². The van der Waals surface area contributed by atoms with Gasteiger partial charge in [0.05, 0.1) is 6.04 Å². The van der Waals surface area contributed by atoms with Crippen molar-refractivity contribution in [3.8, 4) is 0 Å². The molecule has 0 saturated heterocycles. The number of aliphatic carboxylic acids is 1. The lowest BCUT2D eigenvalue weighted by atomic mass is 10.1. The summed E-state index contributed by atoms with van der Waals surface area (Å²) in [6, 6.07) is 7.35. The monoisotopic (exact) mass is 297 g/mol. The molecule has 0 radical (unpaired) electrons. The number of rotatable bonds is 7. The molecule has 1 aromatic rings. The normalized spacial score (nSPS) is 11.9. The Hall–Kier alpha value is -1.55. The van der Waals surface area contributed by atoms with E-state index in [1.807, 2.05) is 25.1 Å². The number of nitrogens with zero attached hydrogens (tertiary/aromatic N) is 1. The van der Waals surface area contributed by atoms with Crippen LogP contribution >= 0.6 is 11.6 Å². The molecular formula is C15H20ClNO3. The van der Waals surface area contributed by atoms with E-state index in [-0.39, 0.29) is 18.4 Å². The Morgan fingerprint density at radius 3 is 2.45 bits per heavy atom. The third-order valence-corrected chi connectivity index (χ3v) is 3.71. The van der Waals surface area contributed by atoms with Crippen LogP contribution in [0.2, 0.25) is 5.02 Å². The largest absolute Gasteiger partial charge is 0.481 e. The summed E-state index contributed by atoms with van der Waals surface area (Å²) in [7, 11) is 1.74. The first kappa shape index (κ1) is 16.5. The van der Waals surface area contributed by atoms with E-state index in [0.29, 0.717) is 24.3 Å². The van der Waals surface area contributed by atoms with E-state index in [4.69, 9.17) is 16.7 Å². The summed E-state index contributed by atoms with van der Waals surface area (Å²) in [6.45, 7) is 1.93. The molecule has 0 aliphatic carbocycles. The topological polar surface area (TPSA) is 57.6 Å². The van der Waals surface area contributed by atoms with Gasteiger partial charge in [0.15, 0.2) is 0 Å². The van der Waals surface area contributed by atoms with E-state index >= 15 is 0 Å². The van der Waals surface area contributed by atoms with E-state index < -0.39 is 5.97 Å². The minimum atomic E-state index is -0.824. The number of hydrogen-bond acceptors (Lipinski definition) is 2. The molecule has 1 atom stereocenters. The lowest BCUT2D eigenvalue weighted by Gasteiger charge is -2.26. The number of carbonyl (C=O) groups excluding carboxylic acids is 1. The molecule has 0 heterocycles. The van der Waals surface area contributed by atoms with Gasteiger partial charge in [0, 0.05) is 24.9 Å². The standard InChI is InChI=1S/C15H20ClNO3/c1-11(12-7-3-4-8-13(12)16)17(2)14(18)9-5-6-10-15(19)20/h3-4,7-8,11H,5-6,9-10H2,1-2H3,(H,19,20). The molecule has 0 bridgehead atoms. The van der Waals surface area contributed by atoms with Crippen molar-refractivity contribution in [1.29, 1.82) is 0 Å². The number of halogens is 1. The van der Waals surface area contributed by atoms with Crippen LogP contribution in [0, 0.1) is 0 Å². The highest BCUT2D eigenvalue weighted by molar-refractivity contribution is 6.31. The van der Waals surface area contributed by atoms with Crippen LogP contribution in [0.15, 0.2) is 24.3 Å². The highest BCUT2D eigenvalue weighted by Crippen LogP contribution is 2.26. The van der Waals surface area contributed by atoms with Crippen molar-refractivity contribution in [3.05, 3.63) is 34.9 Å². The van der Waals surface area contributed by atoms with Gasteiger partial charge in [-0.2, -0.15) is 0 Å². The molecule has 110 valence electrons. The minimum absolute atomic E-state index is 0.00260. The average Bonchev–Trinajstić information content (AvgIpc) is 2.42. The second-order valence-electron chi connectivity index (χ2n) is 4.80. The molecule has 1 aromatic carbocycles. The molecule has 1 amide bonds. The van der Waals surface area contributed by atoms with E-state index in [1.54, 1.807) is 18.0 Å². The SMILES string of the molecule is CC(c1ccccc1Cl)N(C)C(=O)CCCCC(=O)O. The smallest absolute Gasteiger partial charge is 0.303 e. The molecule has 0 aromatic heterocycles. The molecule has 0 spiro atoms. The first-order valence-corrected chi connectivity index (χ1v) is 7.03. The third kappa shape index (κ3) is 4.85. The van der Waals surface area contributed by atoms with Gasteiger partial charge in [0.25, 0.3) is 0 Å². The number of benzene rings is 1. The second-order valence-corrected chi connectivity index (χ2v) is 5.21. The van der Waals surface area contributed by atoms with E-state index in [0.717, 1.165) is 5.56 Å². The fourth-order valence-electron chi connectivity index (χ4n) is 1.97. The Kier molecular flexibility index (Phi) is 6.52. The molecule has 0 aliphatic rings. The maximum absolute atomic E-state index is 12.0. The Morgan fingerprint density at radius 1 is 1.25 bits per heavy atom. The summed E-state index contributed by atoms with van der Waals surface area (Å²) in [5.74, 6) is -0.821. The molecule has 0 saturated carbocycles. The number of carboxylic acid groups (broad SMARTS) is 1. The summed E-state index contributed by atoms with van der Waals surface area (Å²) in [5, 5.41) is 9.19. The highest BCUT2D eigenvalue weighted by Gasteiger charge is 2.18. The van der Waals surface area contributed by atoms with E-state index in [2.05, 4.69) is 0 Å². The number of unbranched alkanes of at least 4 members (excludes halogenated alkanes) is 1. The van der Waals surface area contributed by atoms with Gasteiger partial charge < -0.3 is 10.0 Å². The zero-order valence-electron chi connectivity index (χ0n) is 11.8. The van der Waals surface area contributed by atoms with Crippen LogP contribution in [-0.4, -0.2) is 28.9 Å². The van der Waals surface area contributed by atoms with Gasteiger partial charge in [-0.1, -0.05) is 29.8 Å². The van der Waals surface area contributed by atoms with Crippen molar-refractivity contribution < 1.29 is 14.7 Å². The third-order valence-electron chi connectivity index (χ3n) is 3.36. The molecule has 5 heteroatoms. The predicted octanol–water partition coefficient (Wildman–Crippen LogP) is 3.50. The van der Waals surface area contributed by atoms with Crippen molar-refractivity contribution >= 4 is 23.5 Å². The maximum atomic E-state index is 12.0. The van der Waals surface area contributed by atoms with Crippen LogP contribution in [0.3, 0.4) is 0 Å². The molecule has 1 N–H and O–H groups in total. The fourth-order valence-corrected chi connectivity index (χ4v) is 2.26. The summed E-state index contributed by atoms with van der Waals surface area (Å²) < 4.78 is 0. The summed E-state index contributed by atoms with van der Waals surface area (Å²) >= 11 is 6.13. The van der Waals surface area contributed by atoms with Crippen molar-refractivity contribution in [2.24, 2.45) is 0 Å². The molecule has 1 rings (SSSR count). The Labute approximate surface area is 124 Å². The first-order chi connectivity index (χ1) is 9.43. The predicted molar refractivity (Wildman–Crippen MR) is 78.7 cm³/mol. The van der Waals surface area contributed by atoms with Crippen LogP contribution in [0.25, 0.3) is 0 Å². The Bertz CT molecular complexity index is 476. The number of carbonyl (C=O) groups is 2. The van der Waals surface area contributed by atoms with Crippen LogP contribution in [0.5, 0.6) is 0 Å². The van der Waals surface area contributed by atoms with E-state index in [9.17, 15) is 9.59 Å². The number of amides is 1. The summed E-state index contributed by atoms with van der Waals surface area (Å²) in [5.41, 5.74) is 0.913. The van der Waals surface area contributed by atoms with E-state index in [1.165, 1.54) is 0 Å². The number of carboxylic acids is 1. The Balaban J connectivity index is 2.52. The summed E-state index contributed by atoms with van der Waals surface area (Å²) in [6.07, 6.45) is 1.58. The fraction of sp³-hybridized carbons (Fsp3) is 0.467. The van der Waals surface area contributed by atoms with Crippen molar-refractivity contribution in [2.45, 2.75) is 38.6 Å². The van der Waals surface area contributed by atoms with Gasteiger partial charge >= 0.3 is 5.97 Å². The van der Waals surface area contributed by atoms with Crippen LogP contribution in [0.4, 0.5) is 0 Å². The maximum Gasteiger partial charge on any atom is 0.303 e. The summed E-state index contributed by atoms with van der Waals surface area (Å²) in [4.78, 5) is 24.1. The molecule has 20 heavy (non-hydrogen) atoms. The molecule has 4 nitrogen and oxygen atoms in total. The van der Waals surface area contributed by atoms with Crippen molar-refractivity contribution in [3.63, 3.8) is 0 Å². The lowest BCUT2D eigenvalue weighted by Crippen LogP contribution is -2.29. The van der Waals surface area contributed by atoms with Crippen molar-refractivity contribution in [1.82, 2.24) is 4.90 Å².